The molecule has 4 rings (SSSR count). The van der Waals surface area contributed by atoms with Gasteiger partial charge in [0.15, 0.2) is 17.3 Å². The van der Waals surface area contributed by atoms with Crippen LogP contribution in [0.3, 0.4) is 0 Å². The molecule has 0 bridgehead atoms. The fraction of sp³-hybridized carbons (Fsp3) is 0.200. The molecule has 0 saturated carbocycles. The lowest BCUT2D eigenvalue weighted by Gasteiger charge is -2.15. The van der Waals surface area contributed by atoms with E-state index in [1.807, 2.05) is 6.07 Å². The quantitative estimate of drug-likeness (QED) is 0.314. The molecule has 4 aromatic rings. The Bertz CT molecular complexity index is 1350. The lowest BCUT2D eigenvalue weighted by atomic mass is 10.0. The minimum absolute atomic E-state index is 0.250. The van der Waals surface area contributed by atoms with E-state index in [9.17, 15) is 4.79 Å². The van der Waals surface area contributed by atoms with Crippen molar-refractivity contribution in [3.63, 3.8) is 0 Å². The summed E-state index contributed by atoms with van der Waals surface area (Å²) in [6.45, 7) is 0.342. The van der Waals surface area contributed by atoms with Gasteiger partial charge in [0, 0.05) is 30.7 Å². The number of ketones is 1. The Kier molecular flexibility index (Phi) is 7.55. The Morgan fingerprint density at radius 3 is 2.31 bits per heavy atom. The lowest BCUT2D eigenvalue weighted by molar-refractivity contribution is 0.103. The lowest BCUT2D eigenvalue weighted by Crippen LogP contribution is -2.14. The van der Waals surface area contributed by atoms with Crippen LogP contribution in [-0.4, -0.2) is 54.0 Å². The van der Waals surface area contributed by atoms with Gasteiger partial charge in [-0.2, -0.15) is 10.1 Å². The van der Waals surface area contributed by atoms with Gasteiger partial charge in [-0.15, -0.1) is 0 Å². The van der Waals surface area contributed by atoms with Crippen molar-refractivity contribution in [2.75, 3.05) is 33.8 Å². The molecule has 0 fully saturated rings. The van der Waals surface area contributed by atoms with Crippen LogP contribution in [0.4, 0.5) is 5.82 Å². The summed E-state index contributed by atoms with van der Waals surface area (Å²) in [5, 5.41) is 7.88. The Balaban J connectivity index is 1.73. The van der Waals surface area contributed by atoms with Gasteiger partial charge in [0.1, 0.15) is 11.6 Å². The summed E-state index contributed by atoms with van der Waals surface area (Å²) in [6.07, 6.45) is 4.78. The number of halogens is 1. The third kappa shape index (κ3) is 5.03. The van der Waals surface area contributed by atoms with Crippen LogP contribution in [0.1, 0.15) is 21.5 Å². The van der Waals surface area contributed by atoms with Gasteiger partial charge in [0.25, 0.3) is 5.95 Å². The number of benzene rings is 2. The fourth-order valence-electron chi connectivity index (χ4n) is 3.54. The van der Waals surface area contributed by atoms with Gasteiger partial charge in [-0.25, -0.2) is 9.67 Å². The third-order valence-electron chi connectivity index (χ3n) is 5.33. The maximum absolute atomic E-state index is 13.6. The van der Waals surface area contributed by atoms with Crippen LogP contribution in [0.25, 0.3) is 5.95 Å². The number of aromatic nitrogens is 4. The molecule has 11 heteroatoms. The highest BCUT2D eigenvalue weighted by atomic mass is 35.5. The SMILES string of the molecule is COc1ccc(CNc2nc(-n3cccn3)ncc2C(=O)c2cc(OC)c(OC)c(OC)c2)cc1Cl. The number of nitrogens with zero attached hydrogens (tertiary/aromatic N) is 4. The summed E-state index contributed by atoms with van der Waals surface area (Å²) in [7, 11) is 6.02. The molecule has 2 heterocycles. The molecule has 1 N–H and O–H groups in total. The van der Waals surface area contributed by atoms with Crippen molar-refractivity contribution in [2.45, 2.75) is 6.54 Å². The molecule has 2 aromatic carbocycles. The van der Waals surface area contributed by atoms with Gasteiger partial charge in [-0.3, -0.25) is 4.79 Å². The van der Waals surface area contributed by atoms with Gasteiger partial charge in [0.2, 0.25) is 5.75 Å². The number of carbonyl (C=O) groups excluding carboxylic acids is 1. The zero-order valence-electron chi connectivity index (χ0n) is 20.1. The van der Waals surface area contributed by atoms with Crippen molar-refractivity contribution >= 4 is 23.2 Å². The van der Waals surface area contributed by atoms with E-state index in [0.717, 1.165) is 5.56 Å². The molecule has 0 aliphatic heterocycles. The summed E-state index contributed by atoms with van der Waals surface area (Å²) in [4.78, 5) is 22.5. The molecule has 2 aromatic heterocycles. The van der Waals surface area contributed by atoms with Gasteiger partial charge in [-0.1, -0.05) is 17.7 Å². The highest BCUT2D eigenvalue weighted by Gasteiger charge is 2.22. The second-order valence-electron chi connectivity index (χ2n) is 7.45. The number of methoxy groups -OCH3 is 4. The van der Waals surface area contributed by atoms with Crippen LogP contribution in [0.5, 0.6) is 23.0 Å². The largest absolute Gasteiger partial charge is 0.495 e. The van der Waals surface area contributed by atoms with E-state index in [2.05, 4.69) is 20.4 Å². The minimum atomic E-state index is -0.337. The molecule has 0 unspecified atom stereocenters. The minimum Gasteiger partial charge on any atom is -0.495 e. The van der Waals surface area contributed by atoms with E-state index in [1.165, 1.54) is 32.2 Å². The Morgan fingerprint density at radius 2 is 1.72 bits per heavy atom. The zero-order valence-corrected chi connectivity index (χ0v) is 20.9. The first-order chi connectivity index (χ1) is 17.5. The number of ether oxygens (including phenoxy) is 4. The molecule has 0 atom stereocenters. The number of carbonyl (C=O) groups is 1. The van der Waals surface area contributed by atoms with E-state index in [-0.39, 0.29) is 11.3 Å². The monoisotopic (exact) mass is 509 g/mol. The molecule has 0 amide bonds. The molecule has 0 spiro atoms. The van der Waals surface area contributed by atoms with Gasteiger partial charge in [0.05, 0.1) is 39.0 Å². The molecule has 0 radical (unpaired) electrons. The summed E-state index contributed by atoms with van der Waals surface area (Å²) in [6, 6.07) is 10.3. The van der Waals surface area contributed by atoms with Gasteiger partial charge >= 0.3 is 0 Å². The predicted molar refractivity (Wildman–Crippen MR) is 134 cm³/mol. The molecular formula is C25H24ClN5O5. The highest BCUT2D eigenvalue weighted by molar-refractivity contribution is 6.32. The van der Waals surface area contributed by atoms with E-state index in [1.54, 1.807) is 49.8 Å². The van der Waals surface area contributed by atoms with Crippen molar-refractivity contribution in [2.24, 2.45) is 0 Å². The maximum Gasteiger partial charge on any atom is 0.252 e. The first-order valence-corrected chi connectivity index (χ1v) is 11.1. The standard InChI is InChI=1S/C25H24ClN5O5/c1-33-19-7-6-15(10-18(19)26)13-27-24-17(14-28-25(30-24)31-9-5-8-29-31)22(32)16-11-20(34-2)23(36-4)21(12-16)35-3/h5-12,14H,13H2,1-4H3,(H,27,28,30). The van der Waals surface area contributed by atoms with Crippen molar-refractivity contribution in [1.82, 2.24) is 19.7 Å². The highest BCUT2D eigenvalue weighted by Crippen LogP contribution is 2.39. The molecule has 0 saturated heterocycles. The predicted octanol–water partition coefficient (Wildman–Crippen LogP) is 4.19. The first kappa shape index (κ1) is 24.8. The molecule has 36 heavy (non-hydrogen) atoms. The summed E-state index contributed by atoms with van der Waals surface area (Å²) in [5.41, 5.74) is 1.43. The van der Waals surface area contributed by atoms with E-state index in [0.29, 0.717) is 51.9 Å². The third-order valence-corrected chi connectivity index (χ3v) is 5.63. The van der Waals surface area contributed by atoms with Crippen molar-refractivity contribution in [3.05, 3.63) is 76.7 Å². The van der Waals surface area contributed by atoms with Crippen LogP contribution in [0.15, 0.2) is 55.0 Å². The van der Waals surface area contributed by atoms with Crippen LogP contribution >= 0.6 is 11.6 Å². The van der Waals surface area contributed by atoms with Crippen LogP contribution < -0.4 is 24.3 Å². The summed E-state index contributed by atoms with van der Waals surface area (Å²) in [5.74, 6) is 1.96. The number of hydrogen-bond acceptors (Lipinski definition) is 9. The Morgan fingerprint density at radius 1 is 1.00 bits per heavy atom. The maximum atomic E-state index is 13.6. The average Bonchev–Trinajstić information content (AvgIpc) is 3.45. The van der Waals surface area contributed by atoms with Crippen LogP contribution in [0.2, 0.25) is 5.02 Å². The normalized spacial score (nSPS) is 10.6. The Labute approximate surface area is 212 Å². The molecule has 186 valence electrons. The van der Waals surface area contributed by atoms with E-state index >= 15 is 0 Å². The first-order valence-electron chi connectivity index (χ1n) is 10.8. The van der Waals surface area contributed by atoms with Gasteiger partial charge in [-0.05, 0) is 35.9 Å². The van der Waals surface area contributed by atoms with Crippen molar-refractivity contribution in [3.8, 4) is 28.9 Å². The second kappa shape index (κ2) is 11.0. The van der Waals surface area contributed by atoms with Crippen molar-refractivity contribution in [1.29, 1.82) is 0 Å². The summed E-state index contributed by atoms with van der Waals surface area (Å²) >= 11 is 6.27. The van der Waals surface area contributed by atoms with E-state index < -0.39 is 0 Å². The molecular weight excluding hydrogens is 486 g/mol. The number of nitrogens with one attached hydrogen (secondary N) is 1. The number of anilines is 1. The fourth-order valence-corrected chi connectivity index (χ4v) is 3.82. The van der Waals surface area contributed by atoms with Crippen LogP contribution in [0, 0.1) is 0 Å². The number of hydrogen-bond donors (Lipinski definition) is 1. The Hall–Kier alpha value is -4.31. The van der Waals surface area contributed by atoms with E-state index in [4.69, 9.17) is 30.5 Å². The van der Waals surface area contributed by atoms with Crippen LogP contribution in [-0.2, 0) is 6.54 Å². The second-order valence-corrected chi connectivity index (χ2v) is 7.86. The smallest absolute Gasteiger partial charge is 0.252 e. The summed E-state index contributed by atoms with van der Waals surface area (Å²) < 4.78 is 22.9. The topological polar surface area (TPSA) is 110 Å². The molecule has 0 aliphatic rings. The molecule has 10 nitrogen and oxygen atoms in total. The zero-order chi connectivity index (χ0) is 25.7. The number of rotatable bonds is 10. The molecule has 0 aliphatic carbocycles. The average molecular weight is 510 g/mol. The van der Waals surface area contributed by atoms with Crippen molar-refractivity contribution < 1.29 is 23.7 Å². The van der Waals surface area contributed by atoms with Gasteiger partial charge < -0.3 is 24.3 Å².